The lowest BCUT2D eigenvalue weighted by molar-refractivity contribution is 0.221. The summed E-state index contributed by atoms with van der Waals surface area (Å²) in [6, 6.07) is 20.5. The number of nitrogens with zero attached hydrogens (tertiary/aromatic N) is 2. The van der Waals surface area contributed by atoms with Gasteiger partial charge in [-0.15, -0.1) is 0 Å². The molecule has 0 amide bonds. The van der Waals surface area contributed by atoms with Crippen molar-refractivity contribution in [1.29, 1.82) is 0 Å². The van der Waals surface area contributed by atoms with Gasteiger partial charge in [-0.05, 0) is 80.0 Å². The maximum atomic E-state index is 6.00. The molecule has 5 rings (SSSR count). The van der Waals surface area contributed by atoms with Crippen LogP contribution in [0.5, 0.6) is 0 Å². The molecule has 5 N–H and O–H groups in total. The average molecular weight is 398 g/mol. The predicted molar refractivity (Wildman–Crippen MR) is 127 cm³/mol. The highest BCUT2D eigenvalue weighted by molar-refractivity contribution is 6.09. The van der Waals surface area contributed by atoms with E-state index in [1.807, 2.05) is 36.4 Å². The minimum atomic E-state index is 0.700. The first-order chi connectivity index (χ1) is 14.7. The first kappa shape index (κ1) is 18.7. The third kappa shape index (κ3) is 3.76. The molecule has 4 aromatic rings. The second-order valence-corrected chi connectivity index (χ2v) is 8.20. The lowest BCUT2D eigenvalue weighted by Crippen LogP contribution is -2.29. The van der Waals surface area contributed by atoms with E-state index in [-0.39, 0.29) is 0 Å². The summed E-state index contributed by atoms with van der Waals surface area (Å²) in [5.74, 6) is 0. The van der Waals surface area contributed by atoms with Crippen molar-refractivity contribution < 1.29 is 0 Å². The van der Waals surface area contributed by atoms with Crippen molar-refractivity contribution in [2.75, 3.05) is 29.9 Å². The number of pyridine rings is 1. The molecule has 0 saturated carbocycles. The van der Waals surface area contributed by atoms with Crippen molar-refractivity contribution in [3.63, 3.8) is 0 Å². The molecule has 0 bridgehead atoms. The molecule has 1 aliphatic heterocycles. The molecule has 0 aliphatic carbocycles. The summed E-state index contributed by atoms with van der Waals surface area (Å²) in [6.45, 7) is 3.45. The Hall–Kier alpha value is -3.31. The maximum absolute atomic E-state index is 6.00. The fourth-order valence-corrected chi connectivity index (χ4v) is 4.33. The molecule has 3 aromatic carbocycles. The fraction of sp³-hybridized carbons (Fsp3) is 0.240. The van der Waals surface area contributed by atoms with Gasteiger partial charge in [0.25, 0.3) is 0 Å². The number of fused-ring (bicyclic) bond motifs is 2. The Morgan fingerprint density at radius 2 is 1.37 bits per heavy atom. The predicted octanol–water partition coefficient (Wildman–Crippen LogP) is 5.28. The minimum Gasteiger partial charge on any atom is -0.399 e. The number of nitrogens with one attached hydrogen (secondary N) is 1. The summed E-state index contributed by atoms with van der Waals surface area (Å²) in [5.41, 5.74) is 18.6. The van der Waals surface area contributed by atoms with Gasteiger partial charge in [-0.1, -0.05) is 18.6 Å². The lowest BCUT2D eigenvalue weighted by Gasteiger charge is -2.26. The molecule has 5 nitrogen and oxygen atoms in total. The molecule has 0 unspecified atom stereocenters. The molecular weight excluding hydrogens is 370 g/mol. The van der Waals surface area contributed by atoms with Crippen molar-refractivity contribution in [3.05, 3.63) is 66.2 Å². The zero-order valence-corrected chi connectivity index (χ0v) is 17.1. The zero-order chi connectivity index (χ0) is 20.5. The van der Waals surface area contributed by atoms with Crippen LogP contribution in [0.25, 0.3) is 21.8 Å². The standard InChI is InChI=1S/C25H27N5/c26-18-6-10-21-23(14-18)29-24-15-19(27)7-11-22(24)25(21)28-20-8-4-17(5-9-20)16-30-12-2-1-3-13-30/h4-11,14-15H,1-3,12-13,16,26-27H2,(H,28,29). The fourth-order valence-electron chi connectivity index (χ4n) is 4.33. The van der Waals surface area contributed by atoms with Crippen molar-refractivity contribution in [3.8, 4) is 0 Å². The van der Waals surface area contributed by atoms with E-state index in [0.29, 0.717) is 11.4 Å². The number of piperidine rings is 1. The molecule has 30 heavy (non-hydrogen) atoms. The van der Waals surface area contributed by atoms with Gasteiger partial charge in [-0.25, -0.2) is 4.98 Å². The van der Waals surface area contributed by atoms with Gasteiger partial charge in [-0.2, -0.15) is 0 Å². The lowest BCUT2D eigenvalue weighted by atomic mass is 10.1. The van der Waals surface area contributed by atoms with Crippen LogP contribution in [0.2, 0.25) is 0 Å². The first-order valence-electron chi connectivity index (χ1n) is 10.6. The largest absolute Gasteiger partial charge is 0.399 e. The molecule has 0 radical (unpaired) electrons. The summed E-state index contributed by atoms with van der Waals surface area (Å²) in [7, 11) is 0. The Kier molecular flexibility index (Phi) is 4.89. The van der Waals surface area contributed by atoms with Crippen LogP contribution in [0.4, 0.5) is 22.7 Å². The van der Waals surface area contributed by atoms with Gasteiger partial charge in [-0.3, -0.25) is 4.90 Å². The molecule has 2 heterocycles. The number of anilines is 4. The van der Waals surface area contributed by atoms with E-state index in [1.54, 1.807) is 0 Å². The van der Waals surface area contributed by atoms with E-state index in [1.165, 1.54) is 37.9 Å². The number of hydrogen-bond donors (Lipinski definition) is 3. The topological polar surface area (TPSA) is 80.2 Å². The molecule has 0 atom stereocenters. The summed E-state index contributed by atoms with van der Waals surface area (Å²) < 4.78 is 0. The van der Waals surface area contributed by atoms with Crippen LogP contribution in [0, 0.1) is 0 Å². The Morgan fingerprint density at radius 1 is 0.767 bits per heavy atom. The van der Waals surface area contributed by atoms with E-state index >= 15 is 0 Å². The number of rotatable bonds is 4. The molecule has 152 valence electrons. The van der Waals surface area contributed by atoms with E-state index in [4.69, 9.17) is 16.5 Å². The molecule has 1 saturated heterocycles. The molecule has 0 spiro atoms. The summed E-state index contributed by atoms with van der Waals surface area (Å²) in [4.78, 5) is 7.32. The van der Waals surface area contributed by atoms with E-state index in [9.17, 15) is 0 Å². The molecule has 1 aromatic heterocycles. The second-order valence-electron chi connectivity index (χ2n) is 8.20. The number of hydrogen-bond acceptors (Lipinski definition) is 5. The summed E-state index contributed by atoms with van der Waals surface area (Å²) in [5, 5.41) is 5.71. The van der Waals surface area contributed by atoms with Crippen molar-refractivity contribution in [1.82, 2.24) is 9.88 Å². The van der Waals surface area contributed by atoms with Crippen LogP contribution < -0.4 is 16.8 Å². The Bertz CT molecular complexity index is 1130. The highest BCUT2D eigenvalue weighted by atomic mass is 15.1. The van der Waals surface area contributed by atoms with Crippen LogP contribution in [-0.2, 0) is 6.54 Å². The molecule has 5 heteroatoms. The van der Waals surface area contributed by atoms with Crippen molar-refractivity contribution in [2.45, 2.75) is 25.8 Å². The third-order valence-corrected chi connectivity index (χ3v) is 5.90. The average Bonchev–Trinajstić information content (AvgIpc) is 2.75. The SMILES string of the molecule is Nc1ccc2c(Nc3ccc(CN4CCCCC4)cc3)c3ccc(N)cc3nc2c1. The van der Waals surface area contributed by atoms with E-state index < -0.39 is 0 Å². The van der Waals surface area contributed by atoms with Crippen LogP contribution >= 0.6 is 0 Å². The van der Waals surface area contributed by atoms with Crippen LogP contribution in [-0.4, -0.2) is 23.0 Å². The van der Waals surface area contributed by atoms with E-state index in [2.05, 4.69) is 34.5 Å². The van der Waals surface area contributed by atoms with Gasteiger partial charge < -0.3 is 16.8 Å². The summed E-state index contributed by atoms with van der Waals surface area (Å²) in [6.07, 6.45) is 4.00. The highest BCUT2D eigenvalue weighted by Crippen LogP contribution is 2.34. The van der Waals surface area contributed by atoms with Gasteiger partial charge in [0, 0.05) is 34.4 Å². The third-order valence-electron chi connectivity index (χ3n) is 5.90. The quantitative estimate of drug-likeness (QED) is 0.322. The van der Waals surface area contributed by atoms with Gasteiger partial charge in [0.2, 0.25) is 0 Å². The van der Waals surface area contributed by atoms with Crippen molar-refractivity contribution in [2.24, 2.45) is 0 Å². The number of aromatic nitrogens is 1. The second kappa shape index (κ2) is 7.84. The highest BCUT2D eigenvalue weighted by Gasteiger charge is 2.12. The smallest absolute Gasteiger partial charge is 0.0751 e. The number of likely N-dealkylation sites (tertiary alicyclic amines) is 1. The first-order valence-corrected chi connectivity index (χ1v) is 10.6. The van der Waals surface area contributed by atoms with Crippen LogP contribution in [0.15, 0.2) is 60.7 Å². The Morgan fingerprint density at radius 3 is 1.97 bits per heavy atom. The molecular formula is C25H27N5. The molecule has 1 aliphatic rings. The maximum Gasteiger partial charge on any atom is 0.0751 e. The summed E-state index contributed by atoms with van der Waals surface area (Å²) >= 11 is 0. The van der Waals surface area contributed by atoms with Gasteiger partial charge in [0.05, 0.1) is 16.7 Å². The number of benzene rings is 3. The van der Waals surface area contributed by atoms with Crippen LogP contribution in [0.1, 0.15) is 24.8 Å². The van der Waals surface area contributed by atoms with E-state index in [0.717, 1.165) is 39.7 Å². The minimum absolute atomic E-state index is 0.700. The molecule has 1 fully saturated rings. The number of nitrogen functional groups attached to an aromatic ring is 2. The van der Waals surface area contributed by atoms with Crippen LogP contribution in [0.3, 0.4) is 0 Å². The van der Waals surface area contributed by atoms with Gasteiger partial charge >= 0.3 is 0 Å². The van der Waals surface area contributed by atoms with Crippen molar-refractivity contribution >= 4 is 44.6 Å². The Balaban J connectivity index is 1.49. The monoisotopic (exact) mass is 397 g/mol. The van der Waals surface area contributed by atoms with Gasteiger partial charge in [0.1, 0.15) is 0 Å². The zero-order valence-electron chi connectivity index (χ0n) is 17.1. The Labute approximate surface area is 176 Å². The number of nitrogens with two attached hydrogens (primary N) is 2. The van der Waals surface area contributed by atoms with Gasteiger partial charge in [0.15, 0.2) is 0 Å². The normalized spacial score (nSPS) is 14.9.